The number of nitrogens with one attached hydrogen (secondary N) is 2. The average molecular weight is 312 g/mol. The average Bonchev–Trinajstić information content (AvgIpc) is 2.55. The van der Waals surface area contributed by atoms with Crippen LogP contribution in [0.25, 0.3) is 0 Å². The second-order valence-electron chi connectivity index (χ2n) is 5.17. The molecule has 2 rings (SSSR count). The lowest BCUT2D eigenvalue weighted by Crippen LogP contribution is -2.34. The first-order valence-electron chi connectivity index (χ1n) is 7.38. The number of hydrogen-bond acceptors (Lipinski definition) is 2. The summed E-state index contributed by atoms with van der Waals surface area (Å²) in [7, 11) is 0. The van der Waals surface area contributed by atoms with Gasteiger partial charge in [-0.15, -0.1) is 0 Å². The number of rotatable bonds is 4. The largest absolute Gasteiger partial charge is 0.332 e. The van der Waals surface area contributed by atoms with Gasteiger partial charge in [0.15, 0.2) is 5.11 Å². The van der Waals surface area contributed by atoms with Crippen LogP contribution >= 0.6 is 12.2 Å². The predicted octanol–water partition coefficient (Wildman–Crippen LogP) is 4.33. The van der Waals surface area contributed by atoms with Crippen LogP contribution in [0, 0.1) is 0 Å². The Kier molecular flexibility index (Phi) is 5.67. The van der Waals surface area contributed by atoms with E-state index in [1.807, 2.05) is 36.4 Å². The van der Waals surface area contributed by atoms with Gasteiger partial charge in [0.25, 0.3) is 5.91 Å². The second kappa shape index (κ2) is 7.71. The van der Waals surface area contributed by atoms with Crippen LogP contribution < -0.4 is 10.6 Å². The van der Waals surface area contributed by atoms with Gasteiger partial charge in [0.2, 0.25) is 0 Å². The zero-order chi connectivity index (χ0) is 15.9. The third-order valence-electron chi connectivity index (χ3n) is 3.62. The molecule has 0 spiro atoms. The Morgan fingerprint density at radius 3 is 2.41 bits per heavy atom. The van der Waals surface area contributed by atoms with E-state index in [1.54, 1.807) is 12.1 Å². The van der Waals surface area contributed by atoms with Crippen molar-refractivity contribution in [1.29, 1.82) is 0 Å². The summed E-state index contributed by atoms with van der Waals surface area (Å²) in [6.45, 7) is 4.32. The number of carbonyl (C=O) groups is 1. The summed E-state index contributed by atoms with van der Waals surface area (Å²) in [6, 6.07) is 17.0. The first-order chi connectivity index (χ1) is 10.6. The third-order valence-corrected chi connectivity index (χ3v) is 3.82. The van der Waals surface area contributed by atoms with E-state index < -0.39 is 0 Å². The fourth-order valence-electron chi connectivity index (χ4n) is 2.18. The Hall–Kier alpha value is -2.20. The maximum absolute atomic E-state index is 12.1. The number of anilines is 1. The van der Waals surface area contributed by atoms with Crippen molar-refractivity contribution >= 4 is 28.9 Å². The fraction of sp³-hybridized carbons (Fsp3) is 0.222. The van der Waals surface area contributed by atoms with Crippen molar-refractivity contribution in [2.24, 2.45) is 0 Å². The second-order valence-corrected chi connectivity index (χ2v) is 5.58. The van der Waals surface area contributed by atoms with E-state index in [-0.39, 0.29) is 5.91 Å². The highest BCUT2D eigenvalue weighted by Crippen LogP contribution is 2.26. The Bertz CT molecular complexity index is 655. The molecule has 0 aliphatic heterocycles. The van der Waals surface area contributed by atoms with Gasteiger partial charge in [0.1, 0.15) is 0 Å². The van der Waals surface area contributed by atoms with Crippen LogP contribution in [0.4, 0.5) is 5.69 Å². The first-order valence-corrected chi connectivity index (χ1v) is 7.79. The molecule has 2 aromatic rings. The molecule has 0 saturated heterocycles. The van der Waals surface area contributed by atoms with E-state index >= 15 is 0 Å². The predicted molar refractivity (Wildman–Crippen MR) is 95.3 cm³/mol. The molecule has 2 aromatic carbocycles. The molecule has 4 heteroatoms. The summed E-state index contributed by atoms with van der Waals surface area (Å²) in [5, 5.41) is 6.15. The molecule has 0 aliphatic rings. The third kappa shape index (κ3) is 4.15. The van der Waals surface area contributed by atoms with Crippen LogP contribution in [0.15, 0.2) is 54.6 Å². The van der Waals surface area contributed by atoms with E-state index in [0.29, 0.717) is 16.6 Å². The van der Waals surface area contributed by atoms with Crippen LogP contribution in [0.3, 0.4) is 0 Å². The first kappa shape index (κ1) is 16.2. The zero-order valence-electron chi connectivity index (χ0n) is 12.8. The van der Waals surface area contributed by atoms with Crippen LogP contribution in [0.2, 0.25) is 0 Å². The summed E-state index contributed by atoms with van der Waals surface area (Å²) in [4.78, 5) is 12.1. The van der Waals surface area contributed by atoms with Gasteiger partial charge in [-0.3, -0.25) is 10.1 Å². The maximum atomic E-state index is 12.1. The molecule has 0 radical (unpaired) electrons. The highest BCUT2D eigenvalue weighted by molar-refractivity contribution is 7.80. The lowest BCUT2D eigenvalue weighted by atomic mass is 9.97. The van der Waals surface area contributed by atoms with Crippen molar-refractivity contribution in [2.75, 3.05) is 5.32 Å². The van der Waals surface area contributed by atoms with Crippen LogP contribution in [0.1, 0.15) is 42.1 Å². The van der Waals surface area contributed by atoms with E-state index in [4.69, 9.17) is 12.2 Å². The number of amides is 1. The summed E-state index contributed by atoms with van der Waals surface area (Å²) in [5.41, 5.74) is 2.72. The van der Waals surface area contributed by atoms with Crippen molar-refractivity contribution in [3.8, 4) is 0 Å². The van der Waals surface area contributed by atoms with Crippen LogP contribution in [0.5, 0.6) is 0 Å². The number of carbonyl (C=O) groups excluding carboxylic acids is 1. The monoisotopic (exact) mass is 312 g/mol. The molecular formula is C18H20N2OS. The Labute approximate surface area is 136 Å². The summed E-state index contributed by atoms with van der Waals surface area (Å²) >= 11 is 5.25. The molecule has 2 N–H and O–H groups in total. The maximum Gasteiger partial charge on any atom is 0.257 e. The molecular weight excluding hydrogens is 292 g/mol. The topological polar surface area (TPSA) is 41.1 Å². The standard InChI is InChI=1S/C18H20N2OS/c1-3-13(2)15-11-7-8-12-16(15)19-18(22)20-17(21)14-9-5-4-6-10-14/h4-13H,3H2,1-2H3,(H2,19,20,21,22). The van der Waals surface area contributed by atoms with E-state index in [1.165, 1.54) is 5.56 Å². The van der Waals surface area contributed by atoms with Gasteiger partial charge < -0.3 is 5.32 Å². The number of benzene rings is 2. The molecule has 1 atom stereocenters. The summed E-state index contributed by atoms with van der Waals surface area (Å²) in [6.07, 6.45) is 1.04. The molecule has 0 aliphatic carbocycles. The van der Waals surface area contributed by atoms with Crippen molar-refractivity contribution in [3.63, 3.8) is 0 Å². The minimum absolute atomic E-state index is 0.209. The van der Waals surface area contributed by atoms with Gasteiger partial charge in [-0.2, -0.15) is 0 Å². The lowest BCUT2D eigenvalue weighted by Gasteiger charge is -2.17. The minimum Gasteiger partial charge on any atom is -0.332 e. The van der Waals surface area contributed by atoms with Gasteiger partial charge in [-0.25, -0.2) is 0 Å². The smallest absolute Gasteiger partial charge is 0.257 e. The van der Waals surface area contributed by atoms with Gasteiger partial charge in [-0.05, 0) is 48.3 Å². The molecule has 1 unspecified atom stereocenters. The molecule has 114 valence electrons. The number of hydrogen-bond donors (Lipinski definition) is 2. The van der Waals surface area contributed by atoms with Crippen molar-refractivity contribution < 1.29 is 4.79 Å². The molecule has 0 bridgehead atoms. The molecule has 0 fully saturated rings. The van der Waals surface area contributed by atoms with Crippen molar-refractivity contribution in [3.05, 3.63) is 65.7 Å². The molecule has 0 aromatic heterocycles. The van der Waals surface area contributed by atoms with E-state index in [0.717, 1.165) is 12.1 Å². The Morgan fingerprint density at radius 1 is 1.09 bits per heavy atom. The fourth-order valence-corrected chi connectivity index (χ4v) is 2.38. The van der Waals surface area contributed by atoms with Gasteiger partial charge in [0, 0.05) is 11.3 Å². The SMILES string of the molecule is CCC(C)c1ccccc1NC(=S)NC(=O)c1ccccc1. The number of thiocarbonyl (C=S) groups is 1. The van der Waals surface area contributed by atoms with E-state index in [9.17, 15) is 4.79 Å². The molecule has 0 heterocycles. The van der Waals surface area contributed by atoms with Gasteiger partial charge >= 0.3 is 0 Å². The van der Waals surface area contributed by atoms with Crippen molar-refractivity contribution in [2.45, 2.75) is 26.2 Å². The molecule has 0 saturated carbocycles. The molecule has 22 heavy (non-hydrogen) atoms. The Balaban J connectivity index is 2.05. The summed E-state index contributed by atoms with van der Waals surface area (Å²) < 4.78 is 0. The lowest BCUT2D eigenvalue weighted by molar-refractivity contribution is 0.0977. The van der Waals surface area contributed by atoms with Crippen LogP contribution in [-0.2, 0) is 0 Å². The van der Waals surface area contributed by atoms with Gasteiger partial charge in [-0.1, -0.05) is 50.2 Å². The quantitative estimate of drug-likeness (QED) is 0.826. The van der Waals surface area contributed by atoms with Crippen LogP contribution in [-0.4, -0.2) is 11.0 Å². The van der Waals surface area contributed by atoms with E-state index in [2.05, 4.69) is 30.5 Å². The highest BCUT2D eigenvalue weighted by Gasteiger charge is 2.11. The minimum atomic E-state index is -0.209. The zero-order valence-corrected chi connectivity index (χ0v) is 13.6. The normalized spacial score (nSPS) is 11.5. The highest BCUT2D eigenvalue weighted by atomic mass is 32.1. The Morgan fingerprint density at radius 2 is 1.73 bits per heavy atom. The molecule has 1 amide bonds. The van der Waals surface area contributed by atoms with Gasteiger partial charge in [0.05, 0.1) is 0 Å². The van der Waals surface area contributed by atoms with Crippen molar-refractivity contribution in [1.82, 2.24) is 5.32 Å². The summed E-state index contributed by atoms with van der Waals surface area (Å²) in [5.74, 6) is 0.218. The number of para-hydroxylation sites is 1. The molecule has 3 nitrogen and oxygen atoms in total.